The molecular formula is C21H28O3. The lowest BCUT2D eigenvalue weighted by Gasteiger charge is -2.57. The van der Waals surface area contributed by atoms with Crippen LogP contribution in [0, 0.1) is 10.8 Å². The zero-order chi connectivity index (χ0) is 16.3. The summed E-state index contributed by atoms with van der Waals surface area (Å²) in [4.78, 5) is 14.2. The van der Waals surface area contributed by atoms with Crippen LogP contribution in [0.4, 0.5) is 0 Å². The molecule has 5 aliphatic rings. The summed E-state index contributed by atoms with van der Waals surface area (Å²) < 4.78 is 12.7. The Kier molecular flexibility index (Phi) is 3.37. The molecule has 0 amide bonds. The molecule has 2 saturated carbocycles. The second kappa shape index (κ2) is 5.28. The normalized spacial score (nSPS) is 32.9. The number of Topliss-reactive ketones (excluding diaryl/α,β-unsaturated/α-hetero) is 1. The molecule has 0 unspecified atom stereocenters. The third-order valence-electron chi connectivity index (χ3n) is 7.47. The SMILES string of the molecule is O=C1C2(CCCCC2)C2=C(C=CC2)C2(OCCO2)C12CCCCC2. The molecule has 1 saturated heterocycles. The standard InChI is InChI=1S/C21H28O3/c22-18-19(10-3-1-4-11-19)16-8-7-9-17(16)21(23-14-15-24-21)20(18)12-5-2-6-13-20/h7,9H,1-6,8,10-15H2. The summed E-state index contributed by atoms with van der Waals surface area (Å²) >= 11 is 0. The summed E-state index contributed by atoms with van der Waals surface area (Å²) in [6.45, 7) is 1.24. The number of carbonyl (C=O) groups is 1. The molecule has 0 N–H and O–H groups in total. The molecule has 24 heavy (non-hydrogen) atoms. The molecule has 5 rings (SSSR count). The molecule has 0 radical (unpaired) electrons. The molecule has 0 aromatic carbocycles. The van der Waals surface area contributed by atoms with Gasteiger partial charge in [0, 0.05) is 5.57 Å². The lowest BCUT2D eigenvalue weighted by molar-refractivity contribution is -0.227. The molecule has 0 aromatic heterocycles. The van der Waals surface area contributed by atoms with Crippen LogP contribution in [0.15, 0.2) is 23.3 Å². The van der Waals surface area contributed by atoms with Gasteiger partial charge in [0.2, 0.25) is 5.79 Å². The quantitative estimate of drug-likeness (QED) is 0.658. The summed E-state index contributed by atoms with van der Waals surface area (Å²) in [5, 5.41) is 0. The van der Waals surface area contributed by atoms with Crippen LogP contribution in [0.2, 0.25) is 0 Å². The van der Waals surface area contributed by atoms with E-state index in [0.29, 0.717) is 19.0 Å². The van der Waals surface area contributed by atoms with E-state index in [9.17, 15) is 4.79 Å². The predicted octanol–water partition coefficient (Wildman–Crippen LogP) is 4.47. The van der Waals surface area contributed by atoms with Crippen molar-refractivity contribution >= 4 is 5.78 Å². The molecular weight excluding hydrogens is 300 g/mol. The summed E-state index contributed by atoms with van der Waals surface area (Å²) in [6, 6.07) is 0. The van der Waals surface area contributed by atoms with Gasteiger partial charge in [-0.2, -0.15) is 0 Å². The average Bonchev–Trinajstić information content (AvgIpc) is 3.31. The molecule has 3 fully saturated rings. The molecule has 1 aliphatic heterocycles. The Balaban J connectivity index is 1.74. The van der Waals surface area contributed by atoms with E-state index < -0.39 is 11.2 Å². The molecule has 3 nitrogen and oxygen atoms in total. The van der Waals surface area contributed by atoms with Crippen molar-refractivity contribution in [2.45, 2.75) is 76.4 Å². The fourth-order valence-corrected chi connectivity index (χ4v) is 6.51. The Morgan fingerprint density at radius 3 is 2.12 bits per heavy atom. The molecule has 3 heteroatoms. The van der Waals surface area contributed by atoms with Gasteiger partial charge in [-0.1, -0.05) is 50.7 Å². The van der Waals surface area contributed by atoms with Gasteiger partial charge in [0.25, 0.3) is 0 Å². The van der Waals surface area contributed by atoms with Gasteiger partial charge in [0.15, 0.2) is 5.78 Å². The smallest absolute Gasteiger partial charge is 0.207 e. The van der Waals surface area contributed by atoms with E-state index in [1.165, 1.54) is 36.8 Å². The van der Waals surface area contributed by atoms with Gasteiger partial charge in [-0.05, 0) is 37.7 Å². The summed E-state index contributed by atoms with van der Waals surface area (Å²) in [6.07, 6.45) is 16.5. The number of allylic oxidation sites excluding steroid dienone is 2. The monoisotopic (exact) mass is 328 g/mol. The van der Waals surface area contributed by atoms with Crippen LogP contribution in [0.5, 0.6) is 0 Å². The van der Waals surface area contributed by atoms with Crippen molar-refractivity contribution in [2.75, 3.05) is 13.2 Å². The van der Waals surface area contributed by atoms with Crippen molar-refractivity contribution in [1.29, 1.82) is 0 Å². The Morgan fingerprint density at radius 1 is 0.833 bits per heavy atom. The number of ketones is 1. The van der Waals surface area contributed by atoms with Crippen LogP contribution < -0.4 is 0 Å². The maximum absolute atomic E-state index is 14.2. The minimum Gasteiger partial charge on any atom is -0.343 e. The number of hydrogen-bond acceptors (Lipinski definition) is 3. The van der Waals surface area contributed by atoms with E-state index in [4.69, 9.17) is 9.47 Å². The Bertz CT molecular complexity index is 609. The fraction of sp³-hybridized carbons (Fsp3) is 0.762. The second-order valence-electron chi connectivity index (χ2n) is 8.43. The molecule has 0 aromatic rings. The first kappa shape index (κ1) is 15.3. The average molecular weight is 328 g/mol. The minimum absolute atomic E-state index is 0.213. The molecule has 130 valence electrons. The fourth-order valence-electron chi connectivity index (χ4n) is 6.51. The largest absolute Gasteiger partial charge is 0.343 e. The number of hydrogen-bond donors (Lipinski definition) is 0. The van der Waals surface area contributed by atoms with Crippen molar-refractivity contribution in [1.82, 2.24) is 0 Å². The number of rotatable bonds is 0. The van der Waals surface area contributed by atoms with Crippen molar-refractivity contribution in [3.8, 4) is 0 Å². The number of fused-ring (bicyclic) bond motifs is 3. The van der Waals surface area contributed by atoms with Crippen molar-refractivity contribution < 1.29 is 14.3 Å². The van der Waals surface area contributed by atoms with Gasteiger partial charge in [-0.3, -0.25) is 4.79 Å². The Morgan fingerprint density at radius 2 is 1.46 bits per heavy atom. The first-order valence-electron chi connectivity index (χ1n) is 9.99. The Labute approximate surface area is 144 Å². The van der Waals surface area contributed by atoms with E-state index in [0.717, 1.165) is 44.9 Å². The van der Waals surface area contributed by atoms with Crippen molar-refractivity contribution in [3.63, 3.8) is 0 Å². The van der Waals surface area contributed by atoms with E-state index >= 15 is 0 Å². The second-order valence-corrected chi connectivity index (χ2v) is 8.43. The van der Waals surface area contributed by atoms with Crippen molar-refractivity contribution in [3.05, 3.63) is 23.3 Å². The van der Waals surface area contributed by atoms with Crippen LogP contribution in [0.1, 0.15) is 70.6 Å². The van der Waals surface area contributed by atoms with E-state index in [1.54, 1.807) is 0 Å². The number of ether oxygens (including phenoxy) is 2. The summed E-state index contributed by atoms with van der Waals surface area (Å²) in [5.74, 6) is -0.283. The molecule has 0 atom stereocenters. The number of carbonyl (C=O) groups excluding carboxylic acids is 1. The van der Waals surface area contributed by atoms with Crippen molar-refractivity contribution in [2.24, 2.45) is 10.8 Å². The zero-order valence-electron chi connectivity index (χ0n) is 14.6. The first-order chi connectivity index (χ1) is 11.8. The third kappa shape index (κ3) is 1.68. The highest BCUT2D eigenvalue weighted by Gasteiger charge is 2.70. The molecule has 4 aliphatic carbocycles. The minimum atomic E-state index is -0.768. The van der Waals surface area contributed by atoms with Gasteiger partial charge in [0.1, 0.15) is 0 Å². The first-order valence-corrected chi connectivity index (χ1v) is 9.99. The van der Waals surface area contributed by atoms with Crippen LogP contribution in [0.25, 0.3) is 0 Å². The maximum atomic E-state index is 14.2. The van der Waals surface area contributed by atoms with Crippen LogP contribution >= 0.6 is 0 Å². The van der Waals surface area contributed by atoms with Gasteiger partial charge >= 0.3 is 0 Å². The predicted molar refractivity (Wildman–Crippen MR) is 91.5 cm³/mol. The Hall–Kier alpha value is -0.930. The molecule has 1 heterocycles. The maximum Gasteiger partial charge on any atom is 0.207 e. The van der Waals surface area contributed by atoms with Gasteiger partial charge in [-0.25, -0.2) is 0 Å². The highest BCUT2D eigenvalue weighted by atomic mass is 16.7. The topological polar surface area (TPSA) is 35.5 Å². The van der Waals surface area contributed by atoms with Crippen LogP contribution in [-0.4, -0.2) is 24.8 Å². The van der Waals surface area contributed by atoms with Gasteiger partial charge < -0.3 is 9.47 Å². The molecule has 0 bridgehead atoms. The van der Waals surface area contributed by atoms with Crippen LogP contribution in [0.3, 0.4) is 0 Å². The van der Waals surface area contributed by atoms with Gasteiger partial charge in [0.05, 0.1) is 24.0 Å². The highest BCUT2D eigenvalue weighted by Crippen LogP contribution is 2.65. The lowest BCUT2D eigenvalue weighted by atomic mass is 9.49. The summed E-state index contributed by atoms with van der Waals surface area (Å²) in [7, 11) is 0. The zero-order valence-corrected chi connectivity index (χ0v) is 14.6. The van der Waals surface area contributed by atoms with E-state index in [-0.39, 0.29) is 5.41 Å². The third-order valence-corrected chi connectivity index (χ3v) is 7.47. The van der Waals surface area contributed by atoms with Gasteiger partial charge in [-0.15, -0.1) is 0 Å². The highest BCUT2D eigenvalue weighted by molar-refractivity contribution is 5.97. The van der Waals surface area contributed by atoms with E-state index in [1.807, 2.05) is 0 Å². The summed E-state index contributed by atoms with van der Waals surface area (Å²) in [5.41, 5.74) is 1.94. The van der Waals surface area contributed by atoms with E-state index in [2.05, 4.69) is 12.2 Å². The molecule has 3 spiro atoms. The lowest BCUT2D eigenvalue weighted by Crippen LogP contribution is -2.64. The van der Waals surface area contributed by atoms with Crippen LogP contribution in [-0.2, 0) is 14.3 Å².